The lowest BCUT2D eigenvalue weighted by molar-refractivity contribution is -0.137. The van der Waals surface area contributed by atoms with Crippen molar-refractivity contribution >= 4 is 0 Å². The van der Waals surface area contributed by atoms with Crippen molar-refractivity contribution < 1.29 is 17.9 Å². The number of hydrogen-bond donors (Lipinski definition) is 1. The van der Waals surface area contributed by atoms with E-state index < -0.39 is 17.5 Å². The van der Waals surface area contributed by atoms with E-state index in [0.717, 1.165) is 12.1 Å². The average Bonchev–Trinajstić information content (AvgIpc) is 2.66. The van der Waals surface area contributed by atoms with Gasteiger partial charge in [0, 0.05) is 6.54 Å². The fourth-order valence-electron chi connectivity index (χ4n) is 1.77. The minimum absolute atomic E-state index is 0.500. The Hall–Kier alpha value is -1.07. The molecule has 0 bridgehead atoms. The number of ether oxygens (including phenoxy) is 1. The molecule has 0 amide bonds. The average molecular weight is 231 g/mol. The molecule has 88 valence electrons. The maximum atomic E-state index is 12.5. The Morgan fingerprint density at radius 2 is 2.12 bits per heavy atom. The fourth-order valence-corrected chi connectivity index (χ4v) is 1.77. The van der Waals surface area contributed by atoms with Crippen molar-refractivity contribution in [3.8, 4) is 0 Å². The summed E-state index contributed by atoms with van der Waals surface area (Å²) >= 11 is 0. The zero-order chi connectivity index (χ0) is 11.8. The van der Waals surface area contributed by atoms with Crippen LogP contribution in [0.1, 0.15) is 18.1 Å². The van der Waals surface area contributed by atoms with Crippen LogP contribution < -0.4 is 5.32 Å². The van der Waals surface area contributed by atoms with Crippen molar-refractivity contribution in [2.24, 2.45) is 0 Å². The van der Waals surface area contributed by atoms with Crippen LogP contribution in [0.15, 0.2) is 24.3 Å². The van der Waals surface area contributed by atoms with E-state index in [0.29, 0.717) is 18.7 Å². The summed E-state index contributed by atoms with van der Waals surface area (Å²) in [6.07, 6.45) is -4.31. The highest BCUT2D eigenvalue weighted by Crippen LogP contribution is 2.33. The van der Waals surface area contributed by atoms with Crippen LogP contribution in [0.2, 0.25) is 0 Å². The number of alkyl halides is 3. The van der Waals surface area contributed by atoms with E-state index in [1.54, 1.807) is 13.0 Å². The molecule has 2 nitrogen and oxygen atoms in total. The normalized spacial score (nSPS) is 26.0. The molecule has 0 radical (unpaired) electrons. The number of rotatable bonds is 1. The Bertz CT molecular complexity index is 383. The molecule has 1 fully saturated rings. The Balaban J connectivity index is 2.36. The molecule has 1 aromatic rings. The molecule has 16 heavy (non-hydrogen) atoms. The monoisotopic (exact) mass is 231 g/mol. The third-order valence-corrected chi connectivity index (χ3v) is 2.70. The number of benzene rings is 1. The molecule has 1 saturated heterocycles. The van der Waals surface area contributed by atoms with E-state index in [1.165, 1.54) is 6.07 Å². The summed E-state index contributed by atoms with van der Waals surface area (Å²) < 4.78 is 43.0. The minimum atomic E-state index is -4.31. The molecule has 5 heteroatoms. The van der Waals surface area contributed by atoms with Gasteiger partial charge in [-0.1, -0.05) is 12.1 Å². The SMILES string of the molecule is CC1(c2cccc(C(F)(F)F)c2)NCCO1. The molecule has 0 spiro atoms. The van der Waals surface area contributed by atoms with Gasteiger partial charge in [-0.15, -0.1) is 0 Å². The van der Waals surface area contributed by atoms with Gasteiger partial charge in [-0.05, 0) is 24.6 Å². The summed E-state index contributed by atoms with van der Waals surface area (Å²) in [6, 6.07) is 5.21. The van der Waals surface area contributed by atoms with Gasteiger partial charge in [0.15, 0.2) is 0 Å². The summed E-state index contributed by atoms with van der Waals surface area (Å²) in [5.74, 6) is 0. The van der Waals surface area contributed by atoms with Crippen LogP contribution in [0.3, 0.4) is 0 Å². The van der Waals surface area contributed by atoms with Gasteiger partial charge in [0.2, 0.25) is 0 Å². The zero-order valence-corrected chi connectivity index (χ0v) is 8.77. The van der Waals surface area contributed by atoms with E-state index >= 15 is 0 Å². The Morgan fingerprint density at radius 3 is 2.69 bits per heavy atom. The summed E-state index contributed by atoms with van der Waals surface area (Å²) in [7, 11) is 0. The second-order valence-corrected chi connectivity index (χ2v) is 3.89. The van der Waals surface area contributed by atoms with E-state index in [1.807, 2.05) is 0 Å². The smallest absolute Gasteiger partial charge is 0.355 e. The molecule has 0 saturated carbocycles. The first-order valence-corrected chi connectivity index (χ1v) is 4.98. The van der Waals surface area contributed by atoms with Crippen molar-refractivity contribution in [3.05, 3.63) is 35.4 Å². The van der Waals surface area contributed by atoms with Gasteiger partial charge in [0.05, 0.1) is 12.2 Å². The summed E-state index contributed by atoms with van der Waals surface area (Å²) in [4.78, 5) is 0. The topological polar surface area (TPSA) is 21.3 Å². The molecule has 1 aliphatic rings. The Labute approximate surface area is 91.4 Å². The maximum absolute atomic E-state index is 12.5. The molecule has 1 N–H and O–H groups in total. The van der Waals surface area contributed by atoms with E-state index in [4.69, 9.17) is 4.74 Å². The standard InChI is InChI=1S/C11H12F3NO/c1-10(15-5-6-16-10)8-3-2-4-9(7-8)11(12,13)14/h2-4,7,15H,5-6H2,1H3. The van der Waals surface area contributed by atoms with Crippen LogP contribution in [0.4, 0.5) is 13.2 Å². The molecular formula is C11H12F3NO. The lowest BCUT2D eigenvalue weighted by atomic mass is 10.0. The van der Waals surface area contributed by atoms with Crippen LogP contribution in [-0.4, -0.2) is 13.2 Å². The van der Waals surface area contributed by atoms with Crippen molar-refractivity contribution in [2.45, 2.75) is 18.8 Å². The molecule has 1 aliphatic heterocycles. The second kappa shape index (κ2) is 3.75. The highest BCUT2D eigenvalue weighted by Gasteiger charge is 2.35. The molecule has 1 aromatic carbocycles. The van der Waals surface area contributed by atoms with Crippen LogP contribution in [0.5, 0.6) is 0 Å². The van der Waals surface area contributed by atoms with Crippen LogP contribution >= 0.6 is 0 Å². The number of nitrogens with one attached hydrogen (secondary N) is 1. The van der Waals surface area contributed by atoms with Gasteiger partial charge < -0.3 is 4.74 Å². The van der Waals surface area contributed by atoms with Gasteiger partial charge >= 0.3 is 6.18 Å². The Morgan fingerprint density at radius 1 is 1.38 bits per heavy atom. The summed E-state index contributed by atoms with van der Waals surface area (Å²) in [6.45, 7) is 2.88. The fraction of sp³-hybridized carbons (Fsp3) is 0.455. The molecule has 0 aliphatic carbocycles. The van der Waals surface area contributed by atoms with Crippen molar-refractivity contribution in [1.29, 1.82) is 0 Å². The van der Waals surface area contributed by atoms with Crippen LogP contribution in [-0.2, 0) is 16.6 Å². The molecule has 1 unspecified atom stereocenters. The van der Waals surface area contributed by atoms with E-state index in [2.05, 4.69) is 5.32 Å². The minimum Gasteiger partial charge on any atom is -0.355 e. The summed E-state index contributed by atoms with van der Waals surface area (Å²) in [5, 5.41) is 3.04. The lowest BCUT2D eigenvalue weighted by Gasteiger charge is -2.24. The third-order valence-electron chi connectivity index (χ3n) is 2.70. The number of halogens is 3. The lowest BCUT2D eigenvalue weighted by Crippen LogP contribution is -2.34. The van der Waals surface area contributed by atoms with Gasteiger partial charge in [0.25, 0.3) is 0 Å². The number of hydrogen-bond acceptors (Lipinski definition) is 2. The summed E-state index contributed by atoms with van der Waals surface area (Å²) in [5.41, 5.74) is -0.954. The van der Waals surface area contributed by atoms with Crippen LogP contribution in [0.25, 0.3) is 0 Å². The van der Waals surface area contributed by atoms with Crippen molar-refractivity contribution in [2.75, 3.05) is 13.2 Å². The first-order chi connectivity index (χ1) is 7.42. The predicted molar refractivity (Wildman–Crippen MR) is 52.8 cm³/mol. The second-order valence-electron chi connectivity index (χ2n) is 3.89. The highest BCUT2D eigenvalue weighted by atomic mass is 19.4. The molecule has 0 aromatic heterocycles. The maximum Gasteiger partial charge on any atom is 0.416 e. The molecule has 1 atom stereocenters. The Kier molecular flexibility index (Phi) is 2.67. The molecule has 2 rings (SSSR count). The van der Waals surface area contributed by atoms with Crippen molar-refractivity contribution in [1.82, 2.24) is 5.32 Å². The first-order valence-electron chi connectivity index (χ1n) is 4.98. The highest BCUT2D eigenvalue weighted by molar-refractivity contribution is 5.29. The third kappa shape index (κ3) is 2.05. The zero-order valence-electron chi connectivity index (χ0n) is 8.77. The van der Waals surface area contributed by atoms with Gasteiger partial charge in [-0.25, -0.2) is 0 Å². The van der Waals surface area contributed by atoms with E-state index in [-0.39, 0.29) is 0 Å². The van der Waals surface area contributed by atoms with E-state index in [9.17, 15) is 13.2 Å². The van der Waals surface area contributed by atoms with Crippen molar-refractivity contribution in [3.63, 3.8) is 0 Å². The predicted octanol–water partition coefficient (Wildman–Crippen LogP) is 2.50. The van der Waals surface area contributed by atoms with Gasteiger partial charge in [-0.2, -0.15) is 13.2 Å². The largest absolute Gasteiger partial charge is 0.416 e. The van der Waals surface area contributed by atoms with Gasteiger partial charge in [0.1, 0.15) is 5.72 Å². The first kappa shape index (κ1) is 11.4. The molecular weight excluding hydrogens is 219 g/mol. The quantitative estimate of drug-likeness (QED) is 0.801. The molecule has 1 heterocycles. The van der Waals surface area contributed by atoms with Gasteiger partial charge in [-0.3, -0.25) is 5.32 Å². The van der Waals surface area contributed by atoms with Crippen LogP contribution in [0, 0.1) is 0 Å².